The second-order valence-electron chi connectivity index (χ2n) is 4.27. The third kappa shape index (κ3) is 5.09. The zero-order valence-corrected chi connectivity index (χ0v) is 11.3. The number of hydrogen-bond acceptors (Lipinski definition) is 4. The Morgan fingerprint density at radius 1 is 1.32 bits per heavy atom. The SMILES string of the molecule is CCOC(=O)CN(Cc1ccccc1)C(=O)[C@@H](C)N. The van der Waals surface area contributed by atoms with Crippen molar-refractivity contribution >= 4 is 11.9 Å². The number of carbonyl (C=O) groups excluding carboxylic acids is 2. The predicted molar refractivity (Wildman–Crippen MR) is 72.1 cm³/mol. The minimum Gasteiger partial charge on any atom is -0.465 e. The van der Waals surface area contributed by atoms with Crippen molar-refractivity contribution in [1.29, 1.82) is 0 Å². The molecule has 1 amide bonds. The van der Waals surface area contributed by atoms with Gasteiger partial charge in [0.05, 0.1) is 12.6 Å². The van der Waals surface area contributed by atoms with Gasteiger partial charge in [0.25, 0.3) is 0 Å². The molecular formula is C14H20N2O3. The van der Waals surface area contributed by atoms with Gasteiger partial charge in [-0.1, -0.05) is 30.3 Å². The molecule has 0 aromatic heterocycles. The van der Waals surface area contributed by atoms with E-state index in [1.165, 1.54) is 4.90 Å². The van der Waals surface area contributed by atoms with Gasteiger partial charge in [-0.15, -0.1) is 0 Å². The topological polar surface area (TPSA) is 72.6 Å². The van der Waals surface area contributed by atoms with Crippen LogP contribution in [0.2, 0.25) is 0 Å². The quantitative estimate of drug-likeness (QED) is 0.776. The van der Waals surface area contributed by atoms with E-state index in [0.29, 0.717) is 13.2 Å². The Hall–Kier alpha value is -1.88. The maximum Gasteiger partial charge on any atom is 0.325 e. The Kier molecular flexibility index (Phi) is 6.02. The molecule has 1 aromatic rings. The Labute approximate surface area is 113 Å². The van der Waals surface area contributed by atoms with Gasteiger partial charge in [0.2, 0.25) is 5.91 Å². The summed E-state index contributed by atoms with van der Waals surface area (Å²) in [7, 11) is 0. The van der Waals surface area contributed by atoms with Crippen LogP contribution in [-0.2, 0) is 20.9 Å². The molecule has 0 saturated heterocycles. The number of esters is 1. The zero-order chi connectivity index (χ0) is 14.3. The fraction of sp³-hybridized carbons (Fsp3) is 0.429. The van der Waals surface area contributed by atoms with E-state index in [0.717, 1.165) is 5.56 Å². The maximum atomic E-state index is 12.0. The van der Waals surface area contributed by atoms with E-state index in [9.17, 15) is 9.59 Å². The first-order valence-corrected chi connectivity index (χ1v) is 6.28. The molecule has 1 aromatic carbocycles. The fourth-order valence-corrected chi connectivity index (χ4v) is 1.67. The van der Waals surface area contributed by atoms with Crippen molar-refractivity contribution in [3.63, 3.8) is 0 Å². The third-order valence-electron chi connectivity index (χ3n) is 2.54. The van der Waals surface area contributed by atoms with E-state index in [4.69, 9.17) is 10.5 Å². The Bertz CT molecular complexity index is 418. The molecule has 0 aliphatic rings. The highest BCUT2D eigenvalue weighted by Crippen LogP contribution is 2.06. The van der Waals surface area contributed by atoms with E-state index in [1.807, 2.05) is 30.3 Å². The number of rotatable bonds is 6. The minimum atomic E-state index is -0.641. The molecule has 5 nitrogen and oxygen atoms in total. The Morgan fingerprint density at radius 3 is 2.47 bits per heavy atom. The van der Waals surface area contributed by atoms with Crippen LogP contribution in [0.5, 0.6) is 0 Å². The molecular weight excluding hydrogens is 244 g/mol. The molecule has 0 fully saturated rings. The first kappa shape index (κ1) is 15.2. The van der Waals surface area contributed by atoms with Crippen LogP contribution < -0.4 is 5.73 Å². The van der Waals surface area contributed by atoms with Crippen molar-refractivity contribution in [2.75, 3.05) is 13.2 Å². The minimum absolute atomic E-state index is 0.0803. The lowest BCUT2D eigenvalue weighted by Gasteiger charge is -2.23. The van der Waals surface area contributed by atoms with Crippen LogP contribution in [0, 0.1) is 0 Å². The molecule has 104 valence electrons. The van der Waals surface area contributed by atoms with Gasteiger partial charge >= 0.3 is 5.97 Å². The number of carbonyl (C=O) groups is 2. The summed E-state index contributed by atoms with van der Waals surface area (Å²) in [5, 5.41) is 0. The lowest BCUT2D eigenvalue weighted by Crippen LogP contribution is -2.44. The van der Waals surface area contributed by atoms with Gasteiger partial charge in [0, 0.05) is 6.54 Å². The number of amides is 1. The molecule has 19 heavy (non-hydrogen) atoms. The molecule has 0 spiro atoms. The molecule has 0 saturated carbocycles. The molecule has 1 atom stereocenters. The van der Waals surface area contributed by atoms with Gasteiger partial charge in [-0.3, -0.25) is 9.59 Å². The molecule has 0 heterocycles. The maximum absolute atomic E-state index is 12.0. The summed E-state index contributed by atoms with van der Waals surface area (Å²) >= 11 is 0. The molecule has 0 unspecified atom stereocenters. The highest BCUT2D eigenvalue weighted by Gasteiger charge is 2.20. The van der Waals surface area contributed by atoms with Crippen molar-refractivity contribution < 1.29 is 14.3 Å². The molecule has 2 N–H and O–H groups in total. The number of nitrogens with zero attached hydrogens (tertiary/aromatic N) is 1. The largest absolute Gasteiger partial charge is 0.465 e. The number of ether oxygens (including phenoxy) is 1. The smallest absolute Gasteiger partial charge is 0.325 e. The van der Waals surface area contributed by atoms with Crippen LogP contribution in [0.25, 0.3) is 0 Å². The lowest BCUT2D eigenvalue weighted by molar-refractivity contribution is -0.149. The highest BCUT2D eigenvalue weighted by molar-refractivity contribution is 5.85. The van der Waals surface area contributed by atoms with E-state index in [1.54, 1.807) is 13.8 Å². The molecule has 0 aliphatic carbocycles. The Balaban J connectivity index is 2.75. The fourth-order valence-electron chi connectivity index (χ4n) is 1.67. The molecule has 1 rings (SSSR count). The van der Waals surface area contributed by atoms with Gasteiger partial charge < -0.3 is 15.4 Å². The van der Waals surface area contributed by atoms with Gasteiger partial charge in [-0.05, 0) is 19.4 Å². The second-order valence-corrected chi connectivity index (χ2v) is 4.27. The van der Waals surface area contributed by atoms with Crippen LogP contribution in [0.1, 0.15) is 19.4 Å². The van der Waals surface area contributed by atoms with Crippen molar-refractivity contribution in [3.8, 4) is 0 Å². The van der Waals surface area contributed by atoms with Gasteiger partial charge in [-0.2, -0.15) is 0 Å². The first-order chi connectivity index (χ1) is 9.04. The summed E-state index contributed by atoms with van der Waals surface area (Å²) in [6, 6.07) is 8.81. The summed E-state index contributed by atoms with van der Waals surface area (Å²) in [4.78, 5) is 24.9. The monoisotopic (exact) mass is 264 g/mol. The zero-order valence-electron chi connectivity index (χ0n) is 11.3. The van der Waals surface area contributed by atoms with Gasteiger partial charge in [0.15, 0.2) is 0 Å². The number of benzene rings is 1. The van der Waals surface area contributed by atoms with Crippen molar-refractivity contribution in [2.45, 2.75) is 26.4 Å². The standard InChI is InChI=1S/C14H20N2O3/c1-3-19-13(17)10-16(14(18)11(2)15)9-12-7-5-4-6-8-12/h4-8,11H,3,9-10,15H2,1-2H3/t11-/m1/s1. The van der Waals surface area contributed by atoms with Crippen LogP contribution in [0.3, 0.4) is 0 Å². The van der Waals surface area contributed by atoms with Crippen LogP contribution >= 0.6 is 0 Å². The normalized spacial score (nSPS) is 11.7. The van der Waals surface area contributed by atoms with Crippen LogP contribution in [-0.4, -0.2) is 36.0 Å². The van der Waals surface area contributed by atoms with E-state index in [2.05, 4.69) is 0 Å². The second kappa shape index (κ2) is 7.53. The lowest BCUT2D eigenvalue weighted by atomic mass is 10.2. The summed E-state index contributed by atoms with van der Waals surface area (Å²) in [6.45, 7) is 3.89. The van der Waals surface area contributed by atoms with E-state index in [-0.39, 0.29) is 12.5 Å². The molecule has 5 heteroatoms. The van der Waals surface area contributed by atoms with E-state index >= 15 is 0 Å². The van der Waals surface area contributed by atoms with Crippen LogP contribution in [0.15, 0.2) is 30.3 Å². The van der Waals surface area contributed by atoms with Gasteiger partial charge in [0.1, 0.15) is 6.54 Å². The highest BCUT2D eigenvalue weighted by atomic mass is 16.5. The number of hydrogen-bond donors (Lipinski definition) is 1. The molecule has 0 aliphatic heterocycles. The summed E-state index contributed by atoms with van der Waals surface area (Å²) in [5.41, 5.74) is 6.54. The molecule has 0 radical (unpaired) electrons. The van der Waals surface area contributed by atoms with E-state index < -0.39 is 12.0 Å². The van der Waals surface area contributed by atoms with Crippen LogP contribution in [0.4, 0.5) is 0 Å². The third-order valence-corrected chi connectivity index (χ3v) is 2.54. The summed E-state index contributed by atoms with van der Waals surface area (Å²) in [6.07, 6.45) is 0. The Morgan fingerprint density at radius 2 is 1.95 bits per heavy atom. The summed E-state index contributed by atoms with van der Waals surface area (Å²) in [5.74, 6) is -0.690. The summed E-state index contributed by atoms with van der Waals surface area (Å²) < 4.78 is 4.87. The average Bonchev–Trinajstić information content (AvgIpc) is 2.38. The average molecular weight is 264 g/mol. The first-order valence-electron chi connectivity index (χ1n) is 6.28. The van der Waals surface area contributed by atoms with Crippen molar-refractivity contribution in [2.24, 2.45) is 5.73 Å². The van der Waals surface area contributed by atoms with Crippen molar-refractivity contribution in [1.82, 2.24) is 4.90 Å². The van der Waals surface area contributed by atoms with Gasteiger partial charge in [-0.25, -0.2) is 0 Å². The van der Waals surface area contributed by atoms with Crippen molar-refractivity contribution in [3.05, 3.63) is 35.9 Å². The number of nitrogens with two attached hydrogens (primary N) is 1. The predicted octanol–water partition coefficient (Wildman–Crippen LogP) is 0.925. The molecule has 0 bridgehead atoms.